The zero-order chi connectivity index (χ0) is 27.8. The molecule has 1 amide bonds. The van der Waals surface area contributed by atoms with Crippen molar-refractivity contribution in [3.8, 4) is 34.0 Å². The SMILES string of the molecule is CCC1(O)C(=O)OCc2c1cc1n(c2=O)Cc2c-1nc1cc3c(cc1c2-c1cccc(NC(=O)CN)c1)OCO3. The minimum atomic E-state index is -1.92. The standard InChI is InChI=1S/C29H24N4O7/c1-2-29(37)19-8-21-26-17(11-33(21)27(35)18(19)12-38-28(29)36)25(14-4-3-5-15(6-14)31-24(34)10-30)16-7-22-23(40-13-39-22)9-20(16)32-26/h3-9,37H,2,10-13,30H2,1H3,(H,31,34). The maximum absolute atomic E-state index is 13.7. The number of nitrogens with zero attached hydrogens (tertiary/aromatic N) is 2. The Hall–Kier alpha value is -4.74. The average Bonchev–Trinajstić information content (AvgIpc) is 3.57. The van der Waals surface area contributed by atoms with Crippen LogP contribution in [-0.2, 0) is 33.1 Å². The fraction of sp³-hybridized carbons (Fsp3) is 0.241. The van der Waals surface area contributed by atoms with Gasteiger partial charge in [-0.3, -0.25) is 9.59 Å². The molecule has 0 saturated heterocycles. The molecular formula is C29H24N4O7. The third-order valence-corrected chi connectivity index (χ3v) is 7.80. The molecule has 5 heterocycles. The number of hydrogen-bond acceptors (Lipinski definition) is 9. The lowest BCUT2D eigenvalue weighted by Gasteiger charge is -2.31. The van der Waals surface area contributed by atoms with Crippen LogP contribution in [0.25, 0.3) is 33.4 Å². The Morgan fingerprint density at radius 1 is 1.12 bits per heavy atom. The van der Waals surface area contributed by atoms with Crippen LogP contribution in [0.1, 0.15) is 30.0 Å². The van der Waals surface area contributed by atoms with Crippen LogP contribution in [0, 0.1) is 0 Å². The van der Waals surface area contributed by atoms with Gasteiger partial charge in [-0.1, -0.05) is 19.1 Å². The zero-order valence-electron chi connectivity index (χ0n) is 21.4. The molecule has 7 rings (SSSR count). The first-order valence-electron chi connectivity index (χ1n) is 12.9. The average molecular weight is 541 g/mol. The maximum Gasteiger partial charge on any atom is 0.343 e. The molecule has 3 aliphatic rings. The first-order chi connectivity index (χ1) is 19.3. The largest absolute Gasteiger partial charge is 0.458 e. The Morgan fingerprint density at radius 2 is 1.93 bits per heavy atom. The molecule has 0 bridgehead atoms. The van der Waals surface area contributed by atoms with Crippen molar-refractivity contribution >= 4 is 28.5 Å². The van der Waals surface area contributed by atoms with E-state index < -0.39 is 11.6 Å². The van der Waals surface area contributed by atoms with Crippen LogP contribution in [-0.4, -0.2) is 39.9 Å². The van der Waals surface area contributed by atoms with E-state index in [2.05, 4.69) is 5.32 Å². The number of aromatic nitrogens is 2. The summed E-state index contributed by atoms with van der Waals surface area (Å²) in [5.74, 6) is 0.0324. The first-order valence-corrected chi connectivity index (χ1v) is 12.9. The fourth-order valence-electron chi connectivity index (χ4n) is 5.76. The van der Waals surface area contributed by atoms with Gasteiger partial charge in [0.25, 0.3) is 5.56 Å². The van der Waals surface area contributed by atoms with Crippen molar-refractivity contribution < 1.29 is 28.9 Å². The number of fused-ring (bicyclic) bond motifs is 6. The van der Waals surface area contributed by atoms with Gasteiger partial charge >= 0.3 is 5.97 Å². The summed E-state index contributed by atoms with van der Waals surface area (Å²) in [7, 11) is 0. The van der Waals surface area contributed by atoms with Crippen LogP contribution in [0.3, 0.4) is 0 Å². The molecule has 1 unspecified atom stereocenters. The Labute approximate surface area is 227 Å². The van der Waals surface area contributed by atoms with Crippen molar-refractivity contribution in [2.24, 2.45) is 5.73 Å². The molecule has 0 saturated carbocycles. The van der Waals surface area contributed by atoms with Gasteiger partial charge in [0.2, 0.25) is 12.7 Å². The predicted molar refractivity (Wildman–Crippen MR) is 144 cm³/mol. The highest BCUT2D eigenvalue weighted by molar-refractivity contribution is 6.02. The van der Waals surface area contributed by atoms with E-state index in [1.807, 2.05) is 24.3 Å². The second kappa shape index (κ2) is 8.63. The molecule has 2 aromatic carbocycles. The summed E-state index contributed by atoms with van der Waals surface area (Å²) in [5.41, 5.74) is 8.31. The molecular weight excluding hydrogens is 516 g/mol. The monoisotopic (exact) mass is 540 g/mol. The van der Waals surface area contributed by atoms with Crippen LogP contribution in [0.5, 0.6) is 11.5 Å². The highest BCUT2D eigenvalue weighted by atomic mass is 16.7. The molecule has 202 valence electrons. The quantitative estimate of drug-likeness (QED) is 0.291. The molecule has 0 spiro atoms. The van der Waals surface area contributed by atoms with Gasteiger partial charge in [0.1, 0.15) is 6.61 Å². The lowest BCUT2D eigenvalue weighted by atomic mass is 9.86. The van der Waals surface area contributed by atoms with Crippen molar-refractivity contribution in [3.05, 3.63) is 69.5 Å². The number of carbonyl (C=O) groups excluding carboxylic acids is 2. The van der Waals surface area contributed by atoms with Crippen LogP contribution in [0.2, 0.25) is 0 Å². The molecule has 11 heteroatoms. The van der Waals surface area contributed by atoms with E-state index in [-0.39, 0.29) is 55.5 Å². The molecule has 40 heavy (non-hydrogen) atoms. The van der Waals surface area contributed by atoms with Crippen molar-refractivity contribution in [1.29, 1.82) is 0 Å². The van der Waals surface area contributed by atoms with Crippen LogP contribution in [0.15, 0.2) is 47.3 Å². The van der Waals surface area contributed by atoms with E-state index >= 15 is 0 Å². The molecule has 4 aromatic rings. The molecule has 11 nitrogen and oxygen atoms in total. The summed E-state index contributed by atoms with van der Waals surface area (Å²) >= 11 is 0. The van der Waals surface area contributed by atoms with Crippen molar-refractivity contribution in [2.75, 3.05) is 18.7 Å². The van der Waals surface area contributed by atoms with Gasteiger partial charge in [-0.15, -0.1) is 0 Å². The molecule has 1 atom stereocenters. The number of ether oxygens (including phenoxy) is 3. The van der Waals surface area contributed by atoms with E-state index in [4.69, 9.17) is 24.9 Å². The van der Waals surface area contributed by atoms with Crippen LogP contribution >= 0.6 is 0 Å². The van der Waals surface area contributed by atoms with E-state index in [1.165, 1.54) is 0 Å². The number of cyclic esters (lactones) is 1. The van der Waals surface area contributed by atoms with Gasteiger partial charge in [-0.05, 0) is 41.8 Å². The van der Waals surface area contributed by atoms with Crippen LogP contribution < -0.4 is 26.1 Å². The first kappa shape index (κ1) is 24.3. The minimum absolute atomic E-state index is 0.0514. The molecule has 0 aliphatic carbocycles. The molecule has 0 fully saturated rings. The predicted octanol–water partition coefficient (Wildman–Crippen LogP) is 2.37. The second-order valence-corrected chi connectivity index (χ2v) is 9.97. The Morgan fingerprint density at radius 3 is 2.70 bits per heavy atom. The summed E-state index contributed by atoms with van der Waals surface area (Å²) in [4.78, 5) is 43.2. The Kier molecular flexibility index (Phi) is 5.25. The van der Waals surface area contributed by atoms with E-state index in [0.717, 1.165) is 22.1 Å². The highest BCUT2D eigenvalue weighted by Crippen LogP contribution is 2.46. The number of benzene rings is 2. The normalized spacial score (nSPS) is 18.2. The lowest BCUT2D eigenvalue weighted by Crippen LogP contribution is -2.44. The number of hydrogen-bond donors (Lipinski definition) is 3. The number of nitrogens with two attached hydrogens (primary N) is 1. The smallest absolute Gasteiger partial charge is 0.343 e. The number of anilines is 1. The molecule has 2 aromatic heterocycles. The number of pyridine rings is 2. The highest BCUT2D eigenvalue weighted by Gasteiger charge is 2.45. The van der Waals surface area contributed by atoms with Crippen LogP contribution in [0.4, 0.5) is 5.69 Å². The van der Waals surface area contributed by atoms with Gasteiger partial charge in [0.05, 0.1) is 35.6 Å². The zero-order valence-corrected chi connectivity index (χ0v) is 21.4. The summed E-state index contributed by atoms with van der Waals surface area (Å²) in [6.07, 6.45) is 0.0514. The number of esters is 1. The van der Waals surface area contributed by atoms with Crippen molar-refractivity contribution in [1.82, 2.24) is 9.55 Å². The maximum atomic E-state index is 13.7. The van der Waals surface area contributed by atoms with Gasteiger partial charge < -0.3 is 34.9 Å². The third-order valence-electron chi connectivity index (χ3n) is 7.80. The molecule has 4 N–H and O–H groups in total. The van der Waals surface area contributed by atoms with Gasteiger partial charge in [-0.25, -0.2) is 9.78 Å². The summed E-state index contributed by atoms with van der Waals surface area (Å²) < 4.78 is 18.0. The molecule has 3 aliphatic heterocycles. The number of nitrogens with one attached hydrogen (secondary N) is 1. The summed E-state index contributed by atoms with van der Waals surface area (Å²) in [6.45, 7) is 1.61. The topological polar surface area (TPSA) is 155 Å². The summed E-state index contributed by atoms with van der Waals surface area (Å²) in [6, 6.07) is 12.7. The van der Waals surface area contributed by atoms with Crippen molar-refractivity contribution in [3.63, 3.8) is 0 Å². The number of rotatable bonds is 4. The number of amides is 1. The Balaban J connectivity index is 1.51. The number of carbonyl (C=O) groups is 2. The van der Waals surface area contributed by atoms with E-state index in [1.54, 1.807) is 29.7 Å². The van der Waals surface area contributed by atoms with E-state index in [9.17, 15) is 19.5 Å². The number of aliphatic hydroxyl groups is 1. The molecule has 0 radical (unpaired) electrons. The van der Waals surface area contributed by atoms with Gasteiger partial charge in [0.15, 0.2) is 17.1 Å². The lowest BCUT2D eigenvalue weighted by molar-refractivity contribution is -0.172. The third kappa shape index (κ3) is 3.38. The van der Waals surface area contributed by atoms with E-state index in [0.29, 0.717) is 34.1 Å². The minimum Gasteiger partial charge on any atom is -0.458 e. The van der Waals surface area contributed by atoms with Gasteiger partial charge in [0, 0.05) is 28.3 Å². The Bertz CT molecular complexity index is 1850. The fourth-order valence-corrected chi connectivity index (χ4v) is 5.76. The van der Waals surface area contributed by atoms with Crippen molar-refractivity contribution in [2.45, 2.75) is 32.1 Å². The van der Waals surface area contributed by atoms with Gasteiger partial charge in [-0.2, -0.15) is 0 Å². The second-order valence-electron chi connectivity index (χ2n) is 9.97. The summed E-state index contributed by atoms with van der Waals surface area (Å²) in [5, 5.41) is 14.8.